The number of thioether (sulfide) groups is 1. The first-order valence-electron chi connectivity index (χ1n) is 8.69. The van der Waals surface area contributed by atoms with Gasteiger partial charge < -0.3 is 20.4 Å². The van der Waals surface area contributed by atoms with E-state index in [-0.39, 0.29) is 12.1 Å². The van der Waals surface area contributed by atoms with Gasteiger partial charge in [-0.3, -0.25) is 4.79 Å². The smallest absolute Gasteiger partial charge is 0.319 e. The predicted molar refractivity (Wildman–Crippen MR) is 115 cm³/mol. The highest BCUT2D eigenvalue weighted by Crippen LogP contribution is 2.25. The van der Waals surface area contributed by atoms with Crippen LogP contribution in [-0.2, 0) is 13.2 Å². The Balaban J connectivity index is 1.60. The Morgan fingerprint density at radius 3 is 2.83 bits per heavy atom. The van der Waals surface area contributed by atoms with E-state index < -0.39 is 6.03 Å². The number of nitrogens with one attached hydrogen (secondary N) is 3. The number of benzene rings is 2. The van der Waals surface area contributed by atoms with Gasteiger partial charge in [0.1, 0.15) is 12.4 Å². The summed E-state index contributed by atoms with van der Waals surface area (Å²) in [6, 6.07) is 15.4. The molecule has 0 saturated heterocycles. The number of rotatable bonds is 7. The summed E-state index contributed by atoms with van der Waals surface area (Å²) in [5.74, 6) is 0.529. The van der Waals surface area contributed by atoms with E-state index in [1.165, 1.54) is 17.8 Å². The lowest BCUT2D eigenvalue weighted by Crippen LogP contribution is -2.29. The highest BCUT2D eigenvalue weighted by atomic mass is 35.5. The van der Waals surface area contributed by atoms with E-state index in [1.54, 1.807) is 24.3 Å². The molecule has 0 fully saturated rings. The van der Waals surface area contributed by atoms with Crippen molar-refractivity contribution in [2.24, 2.45) is 0 Å². The maximum absolute atomic E-state index is 12.3. The molecule has 0 aliphatic heterocycles. The number of aromatic amines is 1. The van der Waals surface area contributed by atoms with Crippen molar-refractivity contribution in [3.8, 4) is 5.75 Å². The summed E-state index contributed by atoms with van der Waals surface area (Å²) in [4.78, 5) is 30.7. The summed E-state index contributed by atoms with van der Waals surface area (Å²) in [6.07, 6.45) is 1.81. The van der Waals surface area contributed by atoms with E-state index >= 15 is 0 Å². The standard InChI is InChI=1S/C20H19ClN4O3S/c1-29-20-23-15(10-18(26)25-20)11-22-19(27)24-16-7-2-3-8-17(16)28-12-13-5-4-6-14(21)9-13/h2-10H,11-12H2,1H3,(H2,22,24,27)(H,23,25,26). The summed E-state index contributed by atoms with van der Waals surface area (Å²) in [6.45, 7) is 0.434. The molecule has 0 unspecified atom stereocenters. The van der Waals surface area contributed by atoms with E-state index in [1.807, 2.05) is 30.5 Å². The third kappa shape index (κ3) is 6.27. The molecule has 150 valence electrons. The lowest BCUT2D eigenvalue weighted by Gasteiger charge is -2.13. The summed E-state index contributed by atoms with van der Waals surface area (Å²) in [5.41, 5.74) is 1.65. The number of amides is 2. The fourth-order valence-corrected chi connectivity index (χ4v) is 3.12. The minimum absolute atomic E-state index is 0.120. The van der Waals surface area contributed by atoms with Crippen LogP contribution in [0.25, 0.3) is 0 Å². The molecule has 1 heterocycles. The number of para-hydroxylation sites is 2. The van der Waals surface area contributed by atoms with Crippen LogP contribution in [0.3, 0.4) is 0 Å². The van der Waals surface area contributed by atoms with Crippen molar-refractivity contribution in [1.29, 1.82) is 0 Å². The van der Waals surface area contributed by atoms with Crippen molar-refractivity contribution in [2.45, 2.75) is 18.3 Å². The summed E-state index contributed by atoms with van der Waals surface area (Å²) in [7, 11) is 0. The zero-order valence-electron chi connectivity index (χ0n) is 15.6. The second kappa shape index (κ2) is 9.99. The third-order valence-electron chi connectivity index (χ3n) is 3.82. The van der Waals surface area contributed by atoms with Crippen LogP contribution in [0.15, 0.2) is 64.5 Å². The van der Waals surface area contributed by atoms with Gasteiger partial charge in [0.25, 0.3) is 5.56 Å². The molecule has 0 spiro atoms. The van der Waals surface area contributed by atoms with Crippen LogP contribution in [0.5, 0.6) is 5.75 Å². The Morgan fingerprint density at radius 1 is 1.21 bits per heavy atom. The normalized spacial score (nSPS) is 10.4. The van der Waals surface area contributed by atoms with Crippen molar-refractivity contribution in [3.05, 3.63) is 81.2 Å². The maximum Gasteiger partial charge on any atom is 0.319 e. The molecule has 0 saturated carbocycles. The van der Waals surface area contributed by atoms with Crippen LogP contribution in [0, 0.1) is 0 Å². The predicted octanol–water partition coefficient (Wildman–Crippen LogP) is 4.05. The number of hydrogen-bond acceptors (Lipinski definition) is 5. The Morgan fingerprint density at radius 2 is 2.03 bits per heavy atom. The molecule has 7 nitrogen and oxygen atoms in total. The molecule has 9 heteroatoms. The number of H-pyrrole nitrogens is 1. The SMILES string of the molecule is CSc1nc(CNC(=O)Nc2ccccc2OCc2cccc(Cl)c2)cc(=O)[nH]1. The highest BCUT2D eigenvalue weighted by molar-refractivity contribution is 7.98. The minimum Gasteiger partial charge on any atom is -0.487 e. The van der Waals surface area contributed by atoms with E-state index in [4.69, 9.17) is 16.3 Å². The fourth-order valence-electron chi connectivity index (χ4n) is 2.49. The molecule has 0 aliphatic carbocycles. The molecular weight excluding hydrogens is 412 g/mol. The molecule has 3 rings (SSSR count). The summed E-state index contributed by atoms with van der Waals surface area (Å²) in [5, 5.41) is 6.57. The second-order valence-electron chi connectivity index (χ2n) is 5.97. The van der Waals surface area contributed by atoms with Gasteiger partial charge in [0.05, 0.1) is 17.9 Å². The minimum atomic E-state index is -0.434. The molecule has 0 atom stereocenters. The van der Waals surface area contributed by atoms with Crippen molar-refractivity contribution in [2.75, 3.05) is 11.6 Å². The van der Waals surface area contributed by atoms with Gasteiger partial charge in [-0.05, 0) is 36.1 Å². The zero-order valence-corrected chi connectivity index (χ0v) is 17.1. The molecule has 0 aliphatic rings. The highest BCUT2D eigenvalue weighted by Gasteiger charge is 2.09. The molecule has 3 aromatic rings. The molecule has 0 bridgehead atoms. The molecule has 3 N–H and O–H groups in total. The zero-order chi connectivity index (χ0) is 20.6. The average molecular weight is 431 g/mol. The first-order valence-corrected chi connectivity index (χ1v) is 10.3. The van der Waals surface area contributed by atoms with Crippen molar-refractivity contribution < 1.29 is 9.53 Å². The number of aromatic nitrogens is 2. The van der Waals surface area contributed by atoms with Crippen LogP contribution in [0.1, 0.15) is 11.3 Å². The number of hydrogen-bond donors (Lipinski definition) is 3. The van der Waals surface area contributed by atoms with Gasteiger partial charge >= 0.3 is 6.03 Å². The quantitative estimate of drug-likeness (QED) is 0.388. The van der Waals surface area contributed by atoms with Crippen LogP contribution in [0.2, 0.25) is 5.02 Å². The van der Waals surface area contributed by atoms with E-state index in [0.29, 0.717) is 33.9 Å². The number of urea groups is 1. The third-order valence-corrected chi connectivity index (χ3v) is 4.63. The fraction of sp³-hybridized carbons (Fsp3) is 0.150. The summed E-state index contributed by atoms with van der Waals surface area (Å²) < 4.78 is 5.83. The van der Waals surface area contributed by atoms with Crippen molar-refractivity contribution in [1.82, 2.24) is 15.3 Å². The van der Waals surface area contributed by atoms with Crippen molar-refractivity contribution in [3.63, 3.8) is 0 Å². The molecule has 0 radical (unpaired) electrons. The Bertz CT molecular complexity index is 1060. The molecule has 29 heavy (non-hydrogen) atoms. The van der Waals surface area contributed by atoms with E-state index in [9.17, 15) is 9.59 Å². The van der Waals surface area contributed by atoms with E-state index in [0.717, 1.165) is 5.56 Å². The number of nitrogens with zero attached hydrogens (tertiary/aromatic N) is 1. The topological polar surface area (TPSA) is 96.1 Å². The van der Waals surface area contributed by atoms with E-state index in [2.05, 4.69) is 20.6 Å². The largest absolute Gasteiger partial charge is 0.487 e. The lowest BCUT2D eigenvalue weighted by atomic mass is 10.2. The van der Waals surface area contributed by atoms with Gasteiger partial charge in [-0.1, -0.05) is 47.6 Å². The maximum atomic E-state index is 12.3. The number of ether oxygens (including phenoxy) is 1. The number of halogens is 1. The van der Waals surface area contributed by atoms with Crippen LogP contribution >= 0.6 is 23.4 Å². The molecule has 1 aromatic heterocycles. The monoisotopic (exact) mass is 430 g/mol. The van der Waals surface area contributed by atoms with Gasteiger partial charge in [-0.25, -0.2) is 9.78 Å². The molecule has 2 aromatic carbocycles. The van der Waals surface area contributed by atoms with Gasteiger partial charge in [0.15, 0.2) is 5.16 Å². The Hall–Kier alpha value is -2.97. The Kier molecular flexibility index (Phi) is 7.15. The van der Waals surface area contributed by atoms with Gasteiger partial charge in [0, 0.05) is 11.1 Å². The molecular formula is C20H19ClN4O3S. The number of anilines is 1. The van der Waals surface area contributed by atoms with Crippen molar-refractivity contribution >= 4 is 35.1 Å². The van der Waals surface area contributed by atoms with Gasteiger partial charge in [-0.2, -0.15) is 0 Å². The average Bonchev–Trinajstić information content (AvgIpc) is 2.71. The van der Waals surface area contributed by atoms with Gasteiger partial charge in [0.2, 0.25) is 0 Å². The number of carbonyl (C=O) groups excluding carboxylic acids is 1. The molecule has 2 amide bonds. The van der Waals surface area contributed by atoms with Crippen LogP contribution < -0.4 is 20.9 Å². The van der Waals surface area contributed by atoms with Crippen LogP contribution in [-0.4, -0.2) is 22.3 Å². The lowest BCUT2D eigenvalue weighted by molar-refractivity contribution is 0.251. The van der Waals surface area contributed by atoms with Gasteiger partial charge in [-0.15, -0.1) is 0 Å². The second-order valence-corrected chi connectivity index (χ2v) is 7.20. The Labute approximate surface area is 176 Å². The number of carbonyl (C=O) groups is 1. The first-order chi connectivity index (χ1) is 14.0. The summed E-state index contributed by atoms with van der Waals surface area (Å²) >= 11 is 7.31. The van der Waals surface area contributed by atoms with Crippen LogP contribution in [0.4, 0.5) is 10.5 Å². The first kappa shape index (κ1) is 20.8.